The highest BCUT2D eigenvalue weighted by Gasteiger charge is 2.34. The minimum absolute atomic E-state index is 0.121. The van der Waals surface area contributed by atoms with Crippen LogP contribution in [0.5, 0.6) is 0 Å². The Balaban J connectivity index is 2.57. The molecule has 1 heterocycles. The molecule has 1 fully saturated rings. The minimum Gasteiger partial charge on any atom is -0.338 e. The summed E-state index contributed by atoms with van der Waals surface area (Å²) in [5, 5.41) is 0. The van der Waals surface area contributed by atoms with Gasteiger partial charge < -0.3 is 10.6 Å². The van der Waals surface area contributed by atoms with Gasteiger partial charge >= 0.3 is 0 Å². The van der Waals surface area contributed by atoms with Gasteiger partial charge in [0.25, 0.3) is 0 Å². The number of nitrogens with zero attached hydrogens (tertiary/aromatic N) is 1. The average Bonchev–Trinajstić information content (AvgIpc) is 2.16. The Labute approximate surface area is 73.9 Å². The van der Waals surface area contributed by atoms with Crippen molar-refractivity contribution in [2.24, 2.45) is 11.7 Å². The summed E-state index contributed by atoms with van der Waals surface area (Å²) in [4.78, 5) is 13.4. The molecule has 0 saturated carbocycles. The fraction of sp³-hybridized carbons (Fsp3) is 0.889. The first-order chi connectivity index (χ1) is 5.52. The Hall–Kier alpha value is -0.570. The summed E-state index contributed by atoms with van der Waals surface area (Å²) in [6.07, 6.45) is 0.811. The predicted octanol–water partition coefficient (Wildman–Crippen LogP) is 0.591. The number of hydrogen-bond donors (Lipinski definition) is 1. The van der Waals surface area contributed by atoms with Gasteiger partial charge in [0, 0.05) is 12.6 Å². The first-order valence-corrected chi connectivity index (χ1v) is 4.58. The third kappa shape index (κ3) is 1.78. The Morgan fingerprint density at radius 1 is 1.67 bits per heavy atom. The predicted molar refractivity (Wildman–Crippen MR) is 48.6 cm³/mol. The van der Waals surface area contributed by atoms with Crippen LogP contribution in [0.15, 0.2) is 0 Å². The van der Waals surface area contributed by atoms with Crippen LogP contribution in [0.4, 0.5) is 0 Å². The standard InChI is InChI=1S/C9H18N2O/c1-6(2)5-11-7(3)4-8(10)9(11)12/h6-8H,4-5,10H2,1-3H3/t7?,8-/m0/s1. The summed E-state index contributed by atoms with van der Waals surface area (Å²) >= 11 is 0. The fourth-order valence-electron chi connectivity index (χ4n) is 1.69. The van der Waals surface area contributed by atoms with Crippen molar-refractivity contribution in [3.63, 3.8) is 0 Å². The molecule has 1 amide bonds. The van der Waals surface area contributed by atoms with Crippen LogP contribution >= 0.6 is 0 Å². The van der Waals surface area contributed by atoms with Crippen molar-refractivity contribution >= 4 is 5.91 Å². The third-order valence-corrected chi connectivity index (χ3v) is 2.29. The summed E-state index contributed by atoms with van der Waals surface area (Å²) in [5.74, 6) is 0.651. The van der Waals surface area contributed by atoms with Crippen LogP contribution in [0.25, 0.3) is 0 Å². The van der Waals surface area contributed by atoms with Gasteiger partial charge in [0.1, 0.15) is 0 Å². The second-order valence-electron chi connectivity index (χ2n) is 4.08. The number of likely N-dealkylation sites (tertiary alicyclic amines) is 1. The number of carbonyl (C=O) groups is 1. The van der Waals surface area contributed by atoms with E-state index in [1.54, 1.807) is 0 Å². The van der Waals surface area contributed by atoms with Gasteiger partial charge in [0.15, 0.2) is 0 Å². The van der Waals surface area contributed by atoms with Gasteiger partial charge in [-0.15, -0.1) is 0 Å². The molecule has 0 spiro atoms. The maximum absolute atomic E-state index is 11.5. The van der Waals surface area contributed by atoms with Crippen LogP contribution in [-0.2, 0) is 4.79 Å². The molecule has 0 radical (unpaired) electrons. The van der Waals surface area contributed by atoms with Crippen LogP contribution in [0, 0.1) is 5.92 Å². The molecule has 1 aliphatic rings. The molecule has 0 aromatic heterocycles. The van der Waals surface area contributed by atoms with Gasteiger partial charge in [-0.1, -0.05) is 13.8 Å². The number of nitrogens with two attached hydrogens (primary N) is 1. The van der Waals surface area contributed by atoms with Crippen molar-refractivity contribution in [1.82, 2.24) is 4.90 Å². The first-order valence-electron chi connectivity index (χ1n) is 4.58. The van der Waals surface area contributed by atoms with E-state index in [1.807, 2.05) is 4.90 Å². The molecule has 3 nitrogen and oxygen atoms in total. The van der Waals surface area contributed by atoms with E-state index in [1.165, 1.54) is 0 Å². The lowest BCUT2D eigenvalue weighted by Crippen LogP contribution is -2.38. The van der Waals surface area contributed by atoms with Crippen LogP contribution in [0.2, 0.25) is 0 Å². The molecule has 70 valence electrons. The van der Waals surface area contributed by atoms with Gasteiger partial charge in [0.05, 0.1) is 6.04 Å². The van der Waals surface area contributed by atoms with Crippen LogP contribution in [-0.4, -0.2) is 29.4 Å². The SMILES string of the molecule is CC(C)CN1C(=O)[C@@H](N)CC1C. The lowest BCUT2D eigenvalue weighted by molar-refractivity contribution is -0.130. The van der Waals surface area contributed by atoms with Gasteiger partial charge in [0.2, 0.25) is 5.91 Å². The Kier molecular flexibility index (Phi) is 2.73. The largest absolute Gasteiger partial charge is 0.338 e. The highest BCUT2D eigenvalue weighted by atomic mass is 16.2. The van der Waals surface area contributed by atoms with Gasteiger partial charge in [-0.3, -0.25) is 4.79 Å². The van der Waals surface area contributed by atoms with Crippen LogP contribution in [0.3, 0.4) is 0 Å². The summed E-state index contributed by atoms with van der Waals surface area (Å²) < 4.78 is 0. The Morgan fingerprint density at radius 3 is 2.58 bits per heavy atom. The maximum atomic E-state index is 11.5. The average molecular weight is 170 g/mol. The molecular formula is C9H18N2O. The monoisotopic (exact) mass is 170 g/mol. The van der Waals surface area contributed by atoms with E-state index >= 15 is 0 Å². The summed E-state index contributed by atoms with van der Waals surface area (Å²) in [6.45, 7) is 7.13. The fourth-order valence-corrected chi connectivity index (χ4v) is 1.69. The molecule has 2 atom stereocenters. The van der Waals surface area contributed by atoms with E-state index in [2.05, 4.69) is 20.8 Å². The molecule has 0 aromatic carbocycles. The molecule has 1 aliphatic heterocycles. The molecular weight excluding hydrogens is 152 g/mol. The van der Waals surface area contributed by atoms with Gasteiger partial charge in [-0.05, 0) is 19.3 Å². The van der Waals surface area contributed by atoms with Crippen molar-refractivity contribution in [3.8, 4) is 0 Å². The number of carbonyl (C=O) groups excluding carboxylic acids is 1. The molecule has 2 N–H and O–H groups in total. The number of amides is 1. The van der Waals surface area contributed by atoms with Crippen molar-refractivity contribution < 1.29 is 4.79 Å². The zero-order chi connectivity index (χ0) is 9.30. The number of rotatable bonds is 2. The molecule has 0 aliphatic carbocycles. The zero-order valence-corrected chi connectivity index (χ0v) is 8.08. The second-order valence-corrected chi connectivity index (χ2v) is 4.08. The maximum Gasteiger partial charge on any atom is 0.239 e. The van der Waals surface area contributed by atoms with Gasteiger partial charge in [-0.2, -0.15) is 0 Å². The summed E-state index contributed by atoms with van der Waals surface area (Å²) in [5.41, 5.74) is 5.64. The lowest BCUT2D eigenvalue weighted by Gasteiger charge is -2.23. The molecule has 0 aromatic rings. The number of hydrogen-bond acceptors (Lipinski definition) is 2. The minimum atomic E-state index is -0.251. The summed E-state index contributed by atoms with van der Waals surface area (Å²) in [6, 6.07) is 0.0775. The van der Waals surface area contributed by atoms with Crippen molar-refractivity contribution in [2.75, 3.05) is 6.54 Å². The van der Waals surface area contributed by atoms with Gasteiger partial charge in [-0.25, -0.2) is 0 Å². The van der Waals surface area contributed by atoms with E-state index in [-0.39, 0.29) is 11.9 Å². The summed E-state index contributed by atoms with van der Waals surface area (Å²) in [7, 11) is 0. The van der Waals surface area contributed by atoms with E-state index in [9.17, 15) is 4.79 Å². The van der Waals surface area contributed by atoms with Crippen LogP contribution < -0.4 is 5.73 Å². The quantitative estimate of drug-likeness (QED) is 0.659. The van der Waals surface area contributed by atoms with E-state index in [0.717, 1.165) is 13.0 Å². The molecule has 1 saturated heterocycles. The Bertz CT molecular complexity index is 179. The van der Waals surface area contributed by atoms with Crippen LogP contribution in [0.1, 0.15) is 27.2 Å². The smallest absolute Gasteiger partial charge is 0.239 e. The second kappa shape index (κ2) is 3.44. The van der Waals surface area contributed by atoms with E-state index in [4.69, 9.17) is 5.73 Å². The molecule has 12 heavy (non-hydrogen) atoms. The zero-order valence-electron chi connectivity index (χ0n) is 8.08. The normalized spacial score (nSPS) is 30.4. The molecule has 3 heteroatoms. The highest BCUT2D eigenvalue weighted by Crippen LogP contribution is 2.18. The van der Waals surface area contributed by atoms with Crippen molar-refractivity contribution in [2.45, 2.75) is 39.3 Å². The highest BCUT2D eigenvalue weighted by molar-refractivity contribution is 5.84. The first kappa shape index (κ1) is 9.52. The molecule has 1 unspecified atom stereocenters. The molecule has 1 rings (SSSR count). The van der Waals surface area contributed by atoms with E-state index in [0.29, 0.717) is 12.0 Å². The topological polar surface area (TPSA) is 46.3 Å². The van der Waals surface area contributed by atoms with Crippen molar-refractivity contribution in [3.05, 3.63) is 0 Å². The van der Waals surface area contributed by atoms with E-state index < -0.39 is 0 Å². The third-order valence-electron chi connectivity index (χ3n) is 2.29. The Morgan fingerprint density at radius 2 is 2.25 bits per heavy atom. The molecule has 0 bridgehead atoms. The lowest BCUT2D eigenvalue weighted by atomic mass is 10.2. The van der Waals surface area contributed by atoms with Crippen molar-refractivity contribution in [1.29, 1.82) is 0 Å².